The van der Waals surface area contributed by atoms with Gasteiger partial charge in [-0.1, -0.05) is 37.1 Å². The molecule has 0 saturated heterocycles. The van der Waals surface area contributed by atoms with E-state index in [1.165, 1.54) is 12.1 Å². The first-order valence-corrected chi connectivity index (χ1v) is 8.57. The SMILES string of the molecule is Cc1ccccc1-n1nnnc1C1(Nc2cccc(F)c2)CCCC1. The Balaban J connectivity index is 1.78. The third-order valence-electron chi connectivity index (χ3n) is 4.91. The molecule has 1 aromatic heterocycles. The van der Waals surface area contributed by atoms with Gasteiger partial charge in [0.15, 0.2) is 5.82 Å². The van der Waals surface area contributed by atoms with Crippen molar-refractivity contribution < 1.29 is 4.39 Å². The Morgan fingerprint density at radius 2 is 1.88 bits per heavy atom. The first-order valence-electron chi connectivity index (χ1n) is 8.57. The highest BCUT2D eigenvalue weighted by Gasteiger charge is 2.41. The summed E-state index contributed by atoms with van der Waals surface area (Å²) in [6.45, 7) is 2.04. The number of tetrazole rings is 1. The summed E-state index contributed by atoms with van der Waals surface area (Å²) in [6, 6.07) is 14.6. The fraction of sp³-hybridized carbons (Fsp3) is 0.316. The molecule has 0 spiro atoms. The second kappa shape index (κ2) is 6.27. The first kappa shape index (κ1) is 15.7. The van der Waals surface area contributed by atoms with Crippen molar-refractivity contribution in [2.24, 2.45) is 0 Å². The molecule has 0 bridgehead atoms. The predicted molar refractivity (Wildman–Crippen MR) is 94.1 cm³/mol. The van der Waals surface area contributed by atoms with Gasteiger partial charge in [0.2, 0.25) is 0 Å². The number of para-hydroxylation sites is 1. The van der Waals surface area contributed by atoms with Crippen LogP contribution in [-0.2, 0) is 5.54 Å². The number of hydrogen-bond acceptors (Lipinski definition) is 4. The quantitative estimate of drug-likeness (QED) is 0.782. The standard InChI is InChI=1S/C19H20FN5/c1-14-7-2-3-10-17(14)25-18(22-23-24-25)19(11-4-5-12-19)21-16-9-6-8-15(20)13-16/h2-3,6-10,13,21H,4-5,11-12H2,1H3. The van der Waals surface area contributed by atoms with Crippen molar-refractivity contribution in [1.29, 1.82) is 0 Å². The van der Waals surface area contributed by atoms with Gasteiger partial charge < -0.3 is 5.32 Å². The van der Waals surface area contributed by atoms with Gasteiger partial charge in [0.25, 0.3) is 0 Å². The Morgan fingerprint density at radius 3 is 2.64 bits per heavy atom. The highest BCUT2D eigenvalue weighted by molar-refractivity contribution is 5.48. The lowest BCUT2D eigenvalue weighted by molar-refractivity contribution is 0.460. The molecular formula is C19H20FN5. The minimum Gasteiger partial charge on any atom is -0.372 e. The second-order valence-electron chi connectivity index (χ2n) is 6.63. The zero-order chi connectivity index (χ0) is 17.3. The van der Waals surface area contributed by atoms with E-state index >= 15 is 0 Å². The number of nitrogens with zero attached hydrogens (tertiary/aromatic N) is 4. The van der Waals surface area contributed by atoms with Gasteiger partial charge in [-0.25, -0.2) is 4.39 Å². The molecule has 1 heterocycles. The summed E-state index contributed by atoms with van der Waals surface area (Å²) in [4.78, 5) is 0. The van der Waals surface area contributed by atoms with Gasteiger partial charge in [-0.05, 0) is 60.0 Å². The van der Waals surface area contributed by atoms with Crippen molar-refractivity contribution >= 4 is 5.69 Å². The van der Waals surface area contributed by atoms with Gasteiger partial charge in [-0.15, -0.1) is 5.10 Å². The Bertz CT molecular complexity index is 883. The Labute approximate surface area is 145 Å². The van der Waals surface area contributed by atoms with E-state index in [0.717, 1.165) is 48.4 Å². The van der Waals surface area contributed by atoms with E-state index in [2.05, 4.69) is 20.8 Å². The van der Waals surface area contributed by atoms with Crippen LogP contribution in [0, 0.1) is 12.7 Å². The van der Waals surface area contributed by atoms with Crippen molar-refractivity contribution in [2.75, 3.05) is 5.32 Å². The normalized spacial score (nSPS) is 16.1. The van der Waals surface area contributed by atoms with Crippen molar-refractivity contribution in [3.8, 4) is 5.69 Å². The van der Waals surface area contributed by atoms with E-state index in [0.29, 0.717) is 0 Å². The predicted octanol–water partition coefficient (Wildman–Crippen LogP) is 3.99. The zero-order valence-corrected chi connectivity index (χ0v) is 14.1. The van der Waals surface area contributed by atoms with Gasteiger partial charge in [0, 0.05) is 5.69 Å². The van der Waals surface area contributed by atoms with Crippen molar-refractivity contribution in [3.63, 3.8) is 0 Å². The number of aromatic nitrogens is 4. The lowest BCUT2D eigenvalue weighted by atomic mass is 9.95. The molecule has 4 rings (SSSR count). The lowest BCUT2D eigenvalue weighted by Gasteiger charge is -2.30. The molecule has 2 aromatic carbocycles. The van der Waals surface area contributed by atoms with Crippen molar-refractivity contribution in [3.05, 3.63) is 65.7 Å². The van der Waals surface area contributed by atoms with Gasteiger partial charge in [0.1, 0.15) is 5.82 Å². The molecule has 0 atom stereocenters. The molecule has 1 fully saturated rings. The maximum absolute atomic E-state index is 13.6. The molecule has 128 valence electrons. The van der Waals surface area contributed by atoms with Gasteiger partial charge in [-0.2, -0.15) is 4.68 Å². The summed E-state index contributed by atoms with van der Waals surface area (Å²) in [6.07, 6.45) is 4.00. The largest absolute Gasteiger partial charge is 0.372 e. The number of nitrogens with one attached hydrogen (secondary N) is 1. The van der Waals surface area contributed by atoms with Crippen molar-refractivity contribution in [1.82, 2.24) is 20.2 Å². The number of halogens is 1. The molecule has 1 N–H and O–H groups in total. The molecular weight excluding hydrogens is 317 g/mol. The lowest BCUT2D eigenvalue weighted by Crippen LogP contribution is -2.35. The van der Waals surface area contributed by atoms with Gasteiger partial charge >= 0.3 is 0 Å². The van der Waals surface area contributed by atoms with E-state index in [1.54, 1.807) is 6.07 Å². The number of hydrogen-bond donors (Lipinski definition) is 1. The molecule has 5 nitrogen and oxygen atoms in total. The Morgan fingerprint density at radius 1 is 1.08 bits per heavy atom. The number of aryl methyl sites for hydroxylation is 1. The zero-order valence-electron chi connectivity index (χ0n) is 14.1. The van der Waals surface area contributed by atoms with Crippen molar-refractivity contribution in [2.45, 2.75) is 38.1 Å². The van der Waals surface area contributed by atoms with Crippen LogP contribution in [0.25, 0.3) is 5.69 Å². The van der Waals surface area contributed by atoms with Gasteiger partial charge in [-0.3, -0.25) is 0 Å². The Kier molecular flexibility index (Phi) is 3.95. The minimum absolute atomic E-state index is 0.253. The minimum atomic E-state index is -0.389. The summed E-state index contributed by atoms with van der Waals surface area (Å²) in [7, 11) is 0. The second-order valence-corrected chi connectivity index (χ2v) is 6.63. The van der Waals surface area contributed by atoms with Crippen LogP contribution in [0.2, 0.25) is 0 Å². The van der Waals surface area contributed by atoms with E-state index in [-0.39, 0.29) is 11.4 Å². The summed E-state index contributed by atoms with van der Waals surface area (Å²) in [5, 5.41) is 16.1. The van der Waals surface area contributed by atoms with Crippen LogP contribution in [0.4, 0.5) is 10.1 Å². The number of benzene rings is 2. The number of rotatable bonds is 4. The topological polar surface area (TPSA) is 55.6 Å². The van der Waals surface area contributed by atoms with Crippen LogP contribution in [0.5, 0.6) is 0 Å². The average Bonchev–Trinajstić information content (AvgIpc) is 3.25. The first-order chi connectivity index (χ1) is 12.2. The highest BCUT2D eigenvalue weighted by Crippen LogP contribution is 2.41. The van der Waals surface area contributed by atoms with E-state index < -0.39 is 0 Å². The molecule has 3 aromatic rings. The molecule has 0 radical (unpaired) electrons. The highest BCUT2D eigenvalue weighted by atomic mass is 19.1. The third kappa shape index (κ3) is 2.88. The third-order valence-corrected chi connectivity index (χ3v) is 4.91. The van der Waals surface area contributed by atoms with E-state index in [1.807, 2.05) is 41.9 Å². The molecule has 1 saturated carbocycles. The summed E-state index contributed by atoms with van der Waals surface area (Å²) in [5.74, 6) is 0.528. The fourth-order valence-corrected chi connectivity index (χ4v) is 3.67. The summed E-state index contributed by atoms with van der Waals surface area (Å²) < 4.78 is 15.4. The van der Waals surface area contributed by atoms with Gasteiger partial charge in [0.05, 0.1) is 11.2 Å². The average molecular weight is 337 g/mol. The maximum Gasteiger partial charge on any atom is 0.181 e. The smallest absolute Gasteiger partial charge is 0.181 e. The molecule has 1 aliphatic carbocycles. The number of anilines is 1. The maximum atomic E-state index is 13.6. The van der Waals surface area contributed by atoms with Crippen LogP contribution in [0.15, 0.2) is 48.5 Å². The van der Waals surface area contributed by atoms with Crippen LogP contribution in [0.1, 0.15) is 37.1 Å². The molecule has 25 heavy (non-hydrogen) atoms. The Hall–Kier alpha value is -2.76. The molecule has 0 aliphatic heterocycles. The van der Waals surface area contributed by atoms with E-state index in [4.69, 9.17) is 0 Å². The van der Waals surface area contributed by atoms with Crippen LogP contribution in [-0.4, -0.2) is 20.2 Å². The fourth-order valence-electron chi connectivity index (χ4n) is 3.67. The van der Waals surface area contributed by atoms with Crippen LogP contribution >= 0.6 is 0 Å². The molecule has 1 aliphatic rings. The monoisotopic (exact) mass is 337 g/mol. The van der Waals surface area contributed by atoms with Crippen LogP contribution < -0.4 is 5.32 Å². The molecule has 0 unspecified atom stereocenters. The molecule has 0 amide bonds. The van der Waals surface area contributed by atoms with Crippen LogP contribution in [0.3, 0.4) is 0 Å². The van der Waals surface area contributed by atoms with E-state index in [9.17, 15) is 4.39 Å². The molecule has 6 heteroatoms. The summed E-state index contributed by atoms with van der Waals surface area (Å²) in [5.41, 5.74) is 2.44. The summed E-state index contributed by atoms with van der Waals surface area (Å²) >= 11 is 0.